The molecule has 0 aliphatic carbocycles. The lowest BCUT2D eigenvalue weighted by molar-refractivity contribution is 0.0332. The number of benzene rings is 2. The van der Waals surface area contributed by atoms with Gasteiger partial charge in [-0.25, -0.2) is 0 Å². The van der Waals surface area contributed by atoms with E-state index in [1.54, 1.807) is 0 Å². The highest BCUT2D eigenvalue weighted by atomic mass is 79.9. The minimum Gasteiger partial charge on any atom is -0.482 e. The highest BCUT2D eigenvalue weighted by molar-refractivity contribution is 9.10. The van der Waals surface area contributed by atoms with Crippen LogP contribution in [0.5, 0.6) is 5.75 Å². The molecule has 3 heteroatoms. The second kappa shape index (κ2) is 8.06. The Bertz CT molecular complexity index is 768. The van der Waals surface area contributed by atoms with Crippen LogP contribution in [0.3, 0.4) is 0 Å². The van der Waals surface area contributed by atoms with Crippen LogP contribution < -0.4 is 4.74 Å². The zero-order valence-corrected chi connectivity index (χ0v) is 19.3. The molecule has 1 heterocycles. The predicted molar refractivity (Wildman–Crippen MR) is 118 cm³/mol. The molecular weight excluding hydrogens is 452 g/mol. The second-order valence-electron chi connectivity index (χ2n) is 8.29. The van der Waals surface area contributed by atoms with Crippen LogP contribution >= 0.6 is 31.9 Å². The molecule has 2 aromatic carbocycles. The Morgan fingerprint density at radius 1 is 0.808 bits per heavy atom. The molecule has 0 fully saturated rings. The molecule has 26 heavy (non-hydrogen) atoms. The minimum absolute atomic E-state index is 0.249. The molecule has 2 aromatic rings. The third kappa shape index (κ3) is 4.20. The molecule has 0 aromatic heterocycles. The van der Waals surface area contributed by atoms with Crippen LogP contribution in [0, 0.1) is 11.8 Å². The van der Waals surface area contributed by atoms with Gasteiger partial charge in [0.2, 0.25) is 0 Å². The van der Waals surface area contributed by atoms with Crippen LogP contribution in [0.1, 0.15) is 58.9 Å². The Hall–Kier alpha value is -0.800. The monoisotopic (exact) mass is 478 g/mol. The van der Waals surface area contributed by atoms with E-state index in [2.05, 4.69) is 96.0 Å². The van der Waals surface area contributed by atoms with E-state index < -0.39 is 0 Å². The number of rotatable bonds is 6. The van der Waals surface area contributed by atoms with Crippen molar-refractivity contribution in [3.05, 3.63) is 50.9 Å². The Balaban J connectivity index is 2.14. The van der Waals surface area contributed by atoms with E-state index in [1.807, 2.05) is 0 Å². The summed E-state index contributed by atoms with van der Waals surface area (Å²) < 4.78 is 9.02. The number of hydrogen-bond donors (Lipinski definition) is 0. The van der Waals surface area contributed by atoms with Crippen LogP contribution in [-0.4, -0.2) is 0 Å². The first-order chi connectivity index (χ1) is 12.3. The van der Waals surface area contributed by atoms with E-state index in [9.17, 15) is 0 Å². The standard InChI is InChI=1S/C23H28Br2O/c1-15(2)9-11-23(12-10-16(3)4)21-13-17(24)5-7-19(21)20-8-6-18(25)14-22(20)26-23/h5-8,13-16H,9-12H2,1-4H3. The predicted octanol–water partition coefficient (Wildman–Crippen LogP) is 8.34. The zero-order valence-electron chi connectivity index (χ0n) is 16.1. The van der Waals surface area contributed by atoms with E-state index in [-0.39, 0.29) is 5.60 Å². The molecule has 0 saturated carbocycles. The maximum atomic E-state index is 6.83. The fourth-order valence-electron chi connectivity index (χ4n) is 3.74. The molecule has 0 saturated heterocycles. The summed E-state index contributed by atoms with van der Waals surface area (Å²) in [6, 6.07) is 13.1. The Morgan fingerprint density at radius 2 is 1.35 bits per heavy atom. The summed E-state index contributed by atoms with van der Waals surface area (Å²) in [5, 5.41) is 0. The zero-order chi connectivity index (χ0) is 18.9. The first kappa shape index (κ1) is 19.9. The van der Waals surface area contributed by atoms with Crippen LogP contribution in [-0.2, 0) is 5.60 Å². The average Bonchev–Trinajstić information content (AvgIpc) is 2.58. The molecule has 0 radical (unpaired) electrons. The van der Waals surface area contributed by atoms with Gasteiger partial charge in [-0.3, -0.25) is 0 Å². The topological polar surface area (TPSA) is 9.23 Å². The lowest BCUT2D eigenvalue weighted by Gasteiger charge is -2.42. The van der Waals surface area contributed by atoms with Crippen LogP contribution in [0.15, 0.2) is 45.3 Å². The first-order valence-electron chi connectivity index (χ1n) is 9.60. The third-order valence-electron chi connectivity index (χ3n) is 5.26. The van der Waals surface area contributed by atoms with Crippen molar-refractivity contribution in [1.29, 1.82) is 0 Å². The van der Waals surface area contributed by atoms with Gasteiger partial charge in [-0.15, -0.1) is 0 Å². The van der Waals surface area contributed by atoms with Gasteiger partial charge in [-0.05, 0) is 73.4 Å². The molecular formula is C23H28Br2O. The van der Waals surface area contributed by atoms with Gasteiger partial charge in [-0.1, -0.05) is 65.6 Å². The molecule has 1 aliphatic rings. The summed E-state index contributed by atoms with van der Waals surface area (Å²) in [6.07, 6.45) is 4.42. The lowest BCUT2D eigenvalue weighted by Crippen LogP contribution is -2.37. The summed E-state index contributed by atoms with van der Waals surface area (Å²) >= 11 is 7.31. The summed E-state index contributed by atoms with van der Waals surface area (Å²) in [7, 11) is 0. The number of halogens is 2. The maximum absolute atomic E-state index is 6.83. The van der Waals surface area contributed by atoms with Gasteiger partial charge in [0.15, 0.2) is 0 Å². The van der Waals surface area contributed by atoms with E-state index >= 15 is 0 Å². The first-order valence-corrected chi connectivity index (χ1v) is 11.2. The van der Waals surface area contributed by atoms with Gasteiger partial charge in [0, 0.05) is 20.1 Å². The summed E-state index contributed by atoms with van der Waals surface area (Å²) in [5.41, 5.74) is 3.60. The highest BCUT2D eigenvalue weighted by Gasteiger charge is 2.40. The average molecular weight is 480 g/mol. The molecule has 0 spiro atoms. The van der Waals surface area contributed by atoms with Gasteiger partial charge in [0.25, 0.3) is 0 Å². The van der Waals surface area contributed by atoms with Crippen molar-refractivity contribution in [1.82, 2.24) is 0 Å². The molecule has 1 aliphatic heterocycles. The summed E-state index contributed by atoms with van der Waals surface area (Å²) in [4.78, 5) is 0. The molecule has 140 valence electrons. The van der Waals surface area contributed by atoms with Gasteiger partial charge in [0.05, 0.1) is 0 Å². The lowest BCUT2D eigenvalue weighted by atomic mass is 9.76. The molecule has 1 nitrogen and oxygen atoms in total. The number of hydrogen-bond acceptors (Lipinski definition) is 1. The highest BCUT2D eigenvalue weighted by Crippen LogP contribution is 2.51. The smallest absolute Gasteiger partial charge is 0.135 e. The van der Waals surface area contributed by atoms with Crippen molar-refractivity contribution in [2.45, 2.75) is 59.0 Å². The fraction of sp³-hybridized carbons (Fsp3) is 0.478. The van der Waals surface area contributed by atoms with E-state index in [4.69, 9.17) is 4.74 Å². The van der Waals surface area contributed by atoms with Crippen molar-refractivity contribution in [2.75, 3.05) is 0 Å². The van der Waals surface area contributed by atoms with Crippen LogP contribution in [0.4, 0.5) is 0 Å². The number of ether oxygens (including phenoxy) is 1. The van der Waals surface area contributed by atoms with Crippen molar-refractivity contribution < 1.29 is 4.74 Å². The van der Waals surface area contributed by atoms with Gasteiger partial charge in [0.1, 0.15) is 11.4 Å². The normalized spacial score (nSPS) is 14.9. The quantitative estimate of drug-likeness (QED) is 0.404. The minimum atomic E-state index is -0.249. The third-order valence-corrected chi connectivity index (χ3v) is 6.25. The van der Waals surface area contributed by atoms with Gasteiger partial charge < -0.3 is 4.74 Å². The molecule has 0 N–H and O–H groups in total. The van der Waals surface area contributed by atoms with Crippen LogP contribution in [0.2, 0.25) is 0 Å². The SMILES string of the molecule is CC(C)CCC1(CCC(C)C)Oc2cc(Br)ccc2-c2ccc(Br)cc21. The van der Waals surface area contributed by atoms with E-state index in [1.165, 1.54) is 16.7 Å². The van der Waals surface area contributed by atoms with Crippen molar-refractivity contribution >= 4 is 31.9 Å². The Kier molecular flexibility index (Phi) is 6.18. The van der Waals surface area contributed by atoms with Crippen molar-refractivity contribution in [2.24, 2.45) is 11.8 Å². The fourth-order valence-corrected chi connectivity index (χ4v) is 4.44. The van der Waals surface area contributed by atoms with E-state index in [0.717, 1.165) is 40.4 Å². The van der Waals surface area contributed by atoms with Crippen LogP contribution in [0.25, 0.3) is 11.1 Å². The second-order valence-corrected chi connectivity index (χ2v) is 10.1. The molecule has 0 bridgehead atoms. The maximum Gasteiger partial charge on any atom is 0.135 e. The summed E-state index contributed by atoms with van der Waals surface area (Å²) in [5.74, 6) is 2.32. The molecule has 0 unspecified atom stereocenters. The van der Waals surface area contributed by atoms with Gasteiger partial charge in [-0.2, -0.15) is 0 Å². The molecule has 0 amide bonds. The largest absolute Gasteiger partial charge is 0.482 e. The van der Waals surface area contributed by atoms with Crippen molar-refractivity contribution in [3.8, 4) is 16.9 Å². The van der Waals surface area contributed by atoms with E-state index in [0.29, 0.717) is 11.8 Å². The van der Waals surface area contributed by atoms with Crippen molar-refractivity contribution in [3.63, 3.8) is 0 Å². The molecule has 0 atom stereocenters. The summed E-state index contributed by atoms with van der Waals surface area (Å²) in [6.45, 7) is 9.19. The Morgan fingerprint density at radius 3 is 1.92 bits per heavy atom. The Labute approximate surface area is 174 Å². The van der Waals surface area contributed by atoms with Gasteiger partial charge >= 0.3 is 0 Å². The molecule has 3 rings (SSSR count). The number of fused-ring (bicyclic) bond motifs is 3.